The maximum Gasteiger partial charge on any atom is 0.297 e. The van der Waals surface area contributed by atoms with Crippen LogP contribution in [0.1, 0.15) is 5.82 Å². The van der Waals surface area contributed by atoms with Crippen molar-refractivity contribution in [3.8, 4) is 0 Å². The quantitative estimate of drug-likeness (QED) is 0.402. The lowest BCUT2D eigenvalue weighted by Gasteiger charge is -1.84. The lowest BCUT2D eigenvalue weighted by Crippen LogP contribution is -2.39. The topological polar surface area (TPSA) is 34.6 Å². The van der Waals surface area contributed by atoms with E-state index in [1.165, 1.54) is 0 Å². The molecule has 1 heterocycles. The maximum atomic E-state index is 3.79. The Kier molecular flexibility index (Phi) is 1.00. The average molecular weight is 113 g/mol. The largest absolute Gasteiger partial charge is 0.297 e. The molecule has 0 spiro atoms. The molecule has 0 aliphatic carbocycles. The minimum absolute atomic E-state index is 0.924. The first-order valence-corrected chi connectivity index (χ1v) is 2.44. The zero-order valence-electron chi connectivity index (χ0n) is 5.29. The van der Waals surface area contributed by atoms with E-state index in [9.17, 15) is 0 Å². The van der Waals surface area contributed by atoms with Gasteiger partial charge >= 0.3 is 0 Å². The van der Waals surface area contributed by atoms with E-state index in [1.807, 2.05) is 25.7 Å². The summed E-state index contributed by atoms with van der Waals surface area (Å²) in [6.07, 6.45) is 0. The third kappa shape index (κ3) is 0.576. The molecule has 4 heteroatoms. The molecule has 0 bridgehead atoms. The summed E-state index contributed by atoms with van der Waals surface area (Å²) in [6.45, 7) is 1.91. The van der Waals surface area contributed by atoms with Crippen LogP contribution < -0.4 is 4.68 Å². The fourth-order valence-corrected chi connectivity index (χ4v) is 0.464. The minimum Gasteiger partial charge on any atom is -0.164 e. The Labute approximate surface area is 47.7 Å². The molecule has 0 radical (unpaired) electrons. The first kappa shape index (κ1) is 5.21. The van der Waals surface area contributed by atoms with E-state index in [1.54, 1.807) is 4.80 Å². The molecule has 0 unspecified atom stereocenters. The van der Waals surface area contributed by atoms with Gasteiger partial charge in [0.1, 0.15) is 5.10 Å². The highest BCUT2D eigenvalue weighted by molar-refractivity contribution is 4.54. The standard InChI is InChI=1S/C4H9N4/c1-4-5-6-8(3)7(4)2/h1-3H3/q+1. The van der Waals surface area contributed by atoms with Crippen molar-refractivity contribution < 1.29 is 4.68 Å². The van der Waals surface area contributed by atoms with E-state index in [2.05, 4.69) is 10.3 Å². The molecule has 0 fully saturated rings. The highest BCUT2D eigenvalue weighted by atomic mass is 15.6. The summed E-state index contributed by atoms with van der Waals surface area (Å²) in [7, 11) is 3.76. The van der Waals surface area contributed by atoms with E-state index >= 15 is 0 Å². The molecule has 0 saturated carbocycles. The fraction of sp³-hybridized carbons (Fsp3) is 0.750. The molecule has 0 aromatic carbocycles. The van der Waals surface area contributed by atoms with Crippen LogP contribution in [0.25, 0.3) is 0 Å². The molecule has 1 aromatic rings. The smallest absolute Gasteiger partial charge is 0.164 e. The molecule has 0 saturated heterocycles. The third-order valence-electron chi connectivity index (χ3n) is 1.22. The summed E-state index contributed by atoms with van der Waals surface area (Å²) >= 11 is 0. The molecule has 1 aromatic heterocycles. The van der Waals surface area contributed by atoms with Gasteiger partial charge in [0, 0.05) is 6.92 Å². The average Bonchev–Trinajstić information content (AvgIpc) is 1.98. The summed E-state index contributed by atoms with van der Waals surface area (Å²) in [5.41, 5.74) is 0. The van der Waals surface area contributed by atoms with E-state index < -0.39 is 0 Å². The van der Waals surface area contributed by atoms with Crippen LogP contribution in [0.4, 0.5) is 0 Å². The van der Waals surface area contributed by atoms with Crippen LogP contribution in [0.3, 0.4) is 0 Å². The molecule has 0 aliphatic rings. The van der Waals surface area contributed by atoms with Gasteiger partial charge < -0.3 is 0 Å². The first-order chi connectivity index (χ1) is 3.72. The molecule has 8 heavy (non-hydrogen) atoms. The Morgan fingerprint density at radius 2 is 2.25 bits per heavy atom. The molecule has 0 amide bonds. The summed E-state index contributed by atoms with van der Waals surface area (Å²) in [6, 6.07) is 0. The van der Waals surface area contributed by atoms with Crippen LogP contribution >= 0.6 is 0 Å². The Bertz CT molecular complexity index is 170. The SMILES string of the molecule is Cc1nnn(C)[n+]1C. The van der Waals surface area contributed by atoms with Gasteiger partial charge in [0.2, 0.25) is 0 Å². The van der Waals surface area contributed by atoms with Crippen LogP contribution in [-0.4, -0.2) is 15.1 Å². The van der Waals surface area contributed by atoms with Crippen molar-refractivity contribution in [2.75, 3.05) is 0 Å². The van der Waals surface area contributed by atoms with E-state index in [0.717, 1.165) is 5.82 Å². The van der Waals surface area contributed by atoms with Crippen LogP contribution in [0.2, 0.25) is 0 Å². The van der Waals surface area contributed by atoms with E-state index in [4.69, 9.17) is 0 Å². The predicted molar refractivity (Wildman–Crippen MR) is 26.9 cm³/mol. The summed E-state index contributed by atoms with van der Waals surface area (Å²) in [5.74, 6) is 0.924. The molecule has 0 aliphatic heterocycles. The number of nitrogens with zero attached hydrogens (tertiary/aromatic N) is 4. The van der Waals surface area contributed by atoms with Gasteiger partial charge in [-0.1, -0.05) is 4.80 Å². The lowest BCUT2D eigenvalue weighted by atomic mass is 10.7. The highest BCUT2D eigenvalue weighted by Crippen LogP contribution is 1.70. The van der Waals surface area contributed by atoms with E-state index in [-0.39, 0.29) is 0 Å². The number of tetrazole rings is 1. The maximum absolute atomic E-state index is 3.79. The molecule has 1 rings (SSSR count). The normalized spacial score (nSPS) is 9.88. The highest BCUT2D eigenvalue weighted by Gasteiger charge is 2.05. The lowest BCUT2D eigenvalue weighted by molar-refractivity contribution is -0.761. The van der Waals surface area contributed by atoms with Crippen molar-refractivity contribution in [3.63, 3.8) is 0 Å². The van der Waals surface area contributed by atoms with Gasteiger partial charge in [-0.25, -0.2) is 0 Å². The van der Waals surface area contributed by atoms with Crippen molar-refractivity contribution >= 4 is 0 Å². The van der Waals surface area contributed by atoms with E-state index in [0.29, 0.717) is 0 Å². The van der Waals surface area contributed by atoms with Crippen molar-refractivity contribution in [2.45, 2.75) is 6.92 Å². The Hall–Kier alpha value is -0.930. The van der Waals surface area contributed by atoms with Crippen molar-refractivity contribution in [1.82, 2.24) is 15.1 Å². The number of aromatic nitrogens is 4. The van der Waals surface area contributed by atoms with Gasteiger partial charge in [0.25, 0.3) is 5.82 Å². The van der Waals surface area contributed by atoms with Crippen LogP contribution in [-0.2, 0) is 14.1 Å². The number of rotatable bonds is 0. The van der Waals surface area contributed by atoms with Gasteiger partial charge in [-0.3, -0.25) is 0 Å². The predicted octanol–water partition coefficient (Wildman–Crippen LogP) is -1.05. The second-order valence-electron chi connectivity index (χ2n) is 1.75. The molecular weight excluding hydrogens is 104 g/mol. The van der Waals surface area contributed by atoms with Crippen LogP contribution in [0.5, 0.6) is 0 Å². The molecule has 44 valence electrons. The third-order valence-corrected chi connectivity index (χ3v) is 1.22. The number of aryl methyl sites for hydroxylation is 2. The minimum atomic E-state index is 0.924. The summed E-state index contributed by atoms with van der Waals surface area (Å²) < 4.78 is 1.86. The Morgan fingerprint density at radius 1 is 1.62 bits per heavy atom. The zero-order chi connectivity index (χ0) is 6.15. The monoisotopic (exact) mass is 113 g/mol. The number of hydrogen-bond acceptors (Lipinski definition) is 2. The van der Waals surface area contributed by atoms with Gasteiger partial charge in [-0.05, 0) is 0 Å². The second kappa shape index (κ2) is 1.54. The molecular formula is C4H9N4+. The Morgan fingerprint density at radius 3 is 2.38 bits per heavy atom. The Balaban J connectivity index is 3.19. The second-order valence-corrected chi connectivity index (χ2v) is 1.75. The molecule has 0 atom stereocenters. The zero-order valence-corrected chi connectivity index (χ0v) is 5.29. The molecule has 4 nitrogen and oxygen atoms in total. The van der Waals surface area contributed by atoms with Gasteiger partial charge in [-0.15, -0.1) is 0 Å². The van der Waals surface area contributed by atoms with Crippen molar-refractivity contribution in [1.29, 1.82) is 0 Å². The van der Waals surface area contributed by atoms with Gasteiger partial charge in [0.15, 0.2) is 5.21 Å². The first-order valence-electron chi connectivity index (χ1n) is 2.44. The van der Waals surface area contributed by atoms with Crippen LogP contribution in [0, 0.1) is 6.92 Å². The number of hydrogen-bond donors (Lipinski definition) is 0. The van der Waals surface area contributed by atoms with Crippen molar-refractivity contribution in [3.05, 3.63) is 5.82 Å². The summed E-state index contributed by atoms with van der Waals surface area (Å²) in [4.78, 5) is 1.68. The van der Waals surface area contributed by atoms with Crippen LogP contribution in [0.15, 0.2) is 0 Å². The van der Waals surface area contributed by atoms with Gasteiger partial charge in [-0.2, -0.15) is 4.68 Å². The molecule has 0 N–H and O–H groups in total. The summed E-state index contributed by atoms with van der Waals surface area (Å²) in [5, 5.41) is 7.54. The van der Waals surface area contributed by atoms with Crippen molar-refractivity contribution in [2.24, 2.45) is 14.1 Å². The fourth-order valence-electron chi connectivity index (χ4n) is 0.464. The van der Waals surface area contributed by atoms with Gasteiger partial charge in [0.05, 0.1) is 14.1 Å².